The summed E-state index contributed by atoms with van der Waals surface area (Å²) in [4.78, 5) is 0. The van der Waals surface area contributed by atoms with Crippen LogP contribution >= 0.6 is 0 Å². The van der Waals surface area contributed by atoms with Gasteiger partial charge in [0.25, 0.3) is 0 Å². The zero-order valence-corrected chi connectivity index (χ0v) is 12.8. The Morgan fingerprint density at radius 2 is 1.26 bits per heavy atom. The first-order chi connectivity index (χ1) is 10.7. The van der Waals surface area contributed by atoms with Crippen molar-refractivity contribution in [3.05, 3.63) is 59.7 Å². The van der Waals surface area contributed by atoms with Gasteiger partial charge in [-0.3, -0.25) is 0 Å². The van der Waals surface area contributed by atoms with E-state index in [1.165, 1.54) is 24.3 Å². The summed E-state index contributed by atoms with van der Waals surface area (Å²) in [5.74, 6) is 0.471. The molecule has 124 valence electrons. The van der Waals surface area contributed by atoms with Crippen LogP contribution in [0.3, 0.4) is 0 Å². The molecule has 0 saturated heterocycles. The molecule has 2 aromatic carbocycles. The maximum atomic E-state index is 12.1. The van der Waals surface area contributed by atoms with Gasteiger partial charge in [-0.2, -0.15) is 0 Å². The molecule has 0 amide bonds. The zero-order chi connectivity index (χ0) is 17.0. The van der Waals surface area contributed by atoms with Crippen molar-refractivity contribution in [2.45, 2.75) is 32.4 Å². The third-order valence-corrected chi connectivity index (χ3v) is 3.08. The molecule has 0 unspecified atom stereocenters. The van der Waals surface area contributed by atoms with Gasteiger partial charge in [-0.15, -0.1) is 13.2 Å². The van der Waals surface area contributed by atoms with Crippen LogP contribution in [0, 0.1) is 0 Å². The lowest BCUT2D eigenvalue weighted by molar-refractivity contribution is -0.274. The van der Waals surface area contributed by atoms with Crippen molar-refractivity contribution in [2.24, 2.45) is 5.73 Å². The zero-order valence-electron chi connectivity index (χ0n) is 12.8. The first-order valence-corrected chi connectivity index (χ1v) is 7.12. The van der Waals surface area contributed by atoms with Crippen molar-refractivity contribution in [2.75, 3.05) is 0 Å². The molecule has 0 radical (unpaired) electrons. The lowest BCUT2D eigenvalue weighted by Gasteiger charge is -2.15. The molecule has 0 aliphatic heterocycles. The van der Waals surface area contributed by atoms with Crippen molar-refractivity contribution < 1.29 is 22.6 Å². The molecule has 0 aliphatic rings. The quantitative estimate of drug-likeness (QED) is 0.885. The highest BCUT2D eigenvalue weighted by Crippen LogP contribution is 2.27. The normalized spacial score (nSPS) is 13.0. The Morgan fingerprint density at radius 3 is 1.65 bits per heavy atom. The smallest absolute Gasteiger partial charge is 0.491 e. The van der Waals surface area contributed by atoms with E-state index in [9.17, 15) is 13.2 Å². The van der Waals surface area contributed by atoms with Gasteiger partial charge in [0.15, 0.2) is 0 Å². The number of hydrogen-bond acceptors (Lipinski definition) is 3. The lowest BCUT2D eigenvalue weighted by Crippen LogP contribution is -2.17. The molecule has 2 rings (SSSR count). The van der Waals surface area contributed by atoms with E-state index >= 15 is 0 Å². The van der Waals surface area contributed by atoms with E-state index in [2.05, 4.69) is 4.74 Å². The van der Waals surface area contributed by atoms with E-state index in [4.69, 9.17) is 10.5 Å². The van der Waals surface area contributed by atoms with Gasteiger partial charge in [0.2, 0.25) is 0 Å². The SMILES string of the molecule is CC(C)Oc1ccc([C@@H](N)c2ccc(OC(F)(F)F)cc2)cc1. The summed E-state index contributed by atoms with van der Waals surface area (Å²) in [5, 5.41) is 0. The lowest BCUT2D eigenvalue weighted by atomic mass is 9.99. The molecule has 0 bridgehead atoms. The van der Waals surface area contributed by atoms with E-state index in [-0.39, 0.29) is 11.9 Å². The second-order valence-electron chi connectivity index (χ2n) is 5.33. The number of alkyl halides is 3. The van der Waals surface area contributed by atoms with Crippen LogP contribution in [0.4, 0.5) is 13.2 Å². The van der Waals surface area contributed by atoms with Gasteiger partial charge >= 0.3 is 6.36 Å². The summed E-state index contributed by atoms with van der Waals surface area (Å²) in [6, 6.07) is 12.4. The Hall–Kier alpha value is -2.21. The second kappa shape index (κ2) is 6.91. The van der Waals surface area contributed by atoms with Crippen LogP contribution in [0.25, 0.3) is 0 Å². The van der Waals surface area contributed by atoms with Gasteiger partial charge in [0.1, 0.15) is 11.5 Å². The van der Waals surface area contributed by atoms with Crippen molar-refractivity contribution in [1.29, 1.82) is 0 Å². The number of benzene rings is 2. The molecule has 23 heavy (non-hydrogen) atoms. The number of halogens is 3. The van der Waals surface area contributed by atoms with Gasteiger partial charge < -0.3 is 15.2 Å². The first kappa shape index (κ1) is 17.1. The van der Waals surface area contributed by atoms with Crippen LogP contribution in [0.5, 0.6) is 11.5 Å². The van der Waals surface area contributed by atoms with Crippen LogP contribution in [0.1, 0.15) is 31.0 Å². The van der Waals surface area contributed by atoms with Crippen LogP contribution in [-0.2, 0) is 0 Å². The largest absolute Gasteiger partial charge is 0.573 e. The summed E-state index contributed by atoms with van der Waals surface area (Å²) in [6.45, 7) is 3.87. The second-order valence-corrected chi connectivity index (χ2v) is 5.33. The van der Waals surface area contributed by atoms with Crippen LogP contribution < -0.4 is 15.2 Å². The molecular weight excluding hydrogens is 307 g/mol. The Balaban J connectivity index is 2.09. The predicted octanol–water partition coefficient (Wildman–Crippen LogP) is 4.42. The highest BCUT2D eigenvalue weighted by Gasteiger charge is 2.31. The fourth-order valence-corrected chi connectivity index (χ4v) is 2.10. The van der Waals surface area contributed by atoms with Crippen LogP contribution in [0.15, 0.2) is 48.5 Å². The van der Waals surface area contributed by atoms with Gasteiger partial charge in [0.05, 0.1) is 12.1 Å². The standard InChI is InChI=1S/C17H18F3NO2/c1-11(2)22-14-7-3-12(4-8-14)16(21)13-5-9-15(10-6-13)23-17(18,19)20/h3-11,16H,21H2,1-2H3/t16-/m1/s1. The fraction of sp³-hybridized carbons (Fsp3) is 0.294. The summed E-state index contributed by atoms with van der Waals surface area (Å²) in [7, 11) is 0. The minimum atomic E-state index is -4.70. The van der Waals surface area contributed by atoms with E-state index in [1.54, 1.807) is 0 Å². The monoisotopic (exact) mass is 325 g/mol. The van der Waals surface area contributed by atoms with Gasteiger partial charge in [0, 0.05) is 0 Å². The number of hydrogen-bond donors (Lipinski definition) is 1. The molecular formula is C17H18F3NO2. The summed E-state index contributed by atoms with van der Waals surface area (Å²) < 4.78 is 45.8. The maximum Gasteiger partial charge on any atom is 0.573 e. The average Bonchev–Trinajstić information content (AvgIpc) is 2.46. The summed E-state index contributed by atoms with van der Waals surface area (Å²) in [5.41, 5.74) is 7.67. The maximum absolute atomic E-state index is 12.1. The molecule has 3 nitrogen and oxygen atoms in total. The van der Waals surface area contributed by atoms with E-state index < -0.39 is 12.4 Å². The van der Waals surface area contributed by atoms with Gasteiger partial charge in [-0.25, -0.2) is 0 Å². The number of rotatable bonds is 5. The predicted molar refractivity (Wildman–Crippen MR) is 81.4 cm³/mol. The molecule has 6 heteroatoms. The number of nitrogens with two attached hydrogens (primary N) is 1. The molecule has 2 N–H and O–H groups in total. The Bertz CT molecular complexity index is 622. The van der Waals surface area contributed by atoms with E-state index in [0.717, 1.165) is 11.3 Å². The topological polar surface area (TPSA) is 44.5 Å². The summed E-state index contributed by atoms with van der Waals surface area (Å²) in [6.07, 6.45) is -4.62. The minimum Gasteiger partial charge on any atom is -0.491 e. The Labute approximate surface area is 132 Å². The van der Waals surface area contributed by atoms with Crippen molar-refractivity contribution in [3.8, 4) is 11.5 Å². The Morgan fingerprint density at radius 1 is 0.826 bits per heavy atom. The molecule has 0 aromatic heterocycles. The van der Waals surface area contributed by atoms with E-state index in [1.807, 2.05) is 38.1 Å². The Kier molecular flexibility index (Phi) is 5.15. The molecule has 0 spiro atoms. The molecule has 0 fully saturated rings. The van der Waals surface area contributed by atoms with Crippen LogP contribution in [-0.4, -0.2) is 12.5 Å². The third-order valence-electron chi connectivity index (χ3n) is 3.08. The van der Waals surface area contributed by atoms with Crippen molar-refractivity contribution >= 4 is 0 Å². The molecule has 0 aliphatic carbocycles. The minimum absolute atomic E-state index is 0.0794. The van der Waals surface area contributed by atoms with Gasteiger partial charge in [-0.05, 0) is 49.2 Å². The van der Waals surface area contributed by atoms with Crippen molar-refractivity contribution in [3.63, 3.8) is 0 Å². The first-order valence-electron chi connectivity index (χ1n) is 7.12. The number of ether oxygens (including phenoxy) is 2. The molecule has 0 saturated carbocycles. The highest BCUT2D eigenvalue weighted by atomic mass is 19.4. The molecule has 0 heterocycles. The average molecular weight is 325 g/mol. The molecule has 2 aromatic rings. The highest BCUT2D eigenvalue weighted by molar-refractivity contribution is 5.37. The fourth-order valence-electron chi connectivity index (χ4n) is 2.10. The summed E-state index contributed by atoms with van der Waals surface area (Å²) >= 11 is 0. The third kappa shape index (κ3) is 5.17. The van der Waals surface area contributed by atoms with Gasteiger partial charge in [-0.1, -0.05) is 24.3 Å². The van der Waals surface area contributed by atoms with Crippen LogP contribution in [0.2, 0.25) is 0 Å². The molecule has 1 atom stereocenters. The van der Waals surface area contributed by atoms with E-state index in [0.29, 0.717) is 5.56 Å². The van der Waals surface area contributed by atoms with Crippen molar-refractivity contribution in [1.82, 2.24) is 0 Å².